The van der Waals surface area contributed by atoms with E-state index in [1.165, 1.54) is 0 Å². The molecule has 20 heavy (non-hydrogen) atoms. The van der Waals surface area contributed by atoms with Gasteiger partial charge in [-0.2, -0.15) is 0 Å². The Morgan fingerprint density at radius 1 is 0.950 bits per heavy atom. The zero-order valence-electron chi connectivity index (χ0n) is 14.4. The minimum atomic E-state index is -0.473. The Morgan fingerprint density at radius 3 is 1.85 bits per heavy atom. The van der Waals surface area contributed by atoms with Crippen LogP contribution < -0.4 is 10.6 Å². The SMILES string of the molecule is CCC(C)(C)NC(=O)CNC(=O)C(C)(C)CC(C)(C)C. The summed E-state index contributed by atoms with van der Waals surface area (Å²) in [6.45, 7) is 16.2. The third kappa shape index (κ3) is 7.51. The third-order valence-corrected chi connectivity index (χ3v) is 3.36. The van der Waals surface area contributed by atoms with Gasteiger partial charge >= 0.3 is 0 Å². The van der Waals surface area contributed by atoms with Gasteiger partial charge in [-0.15, -0.1) is 0 Å². The molecule has 0 rings (SSSR count). The number of carbonyl (C=O) groups is 2. The van der Waals surface area contributed by atoms with Crippen molar-refractivity contribution >= 4 is 11.8 Å². The first-order chi connectivity index (χ1) is 8.79. The summed E-state index contributed by atoms with van der Waals surface area (Å²) in [4.78, 5) is 24.0. The molecule has 0 aromatic heterocycles. The average Bonchev–Trinajstić information content (AvgIpc) is 2.21. The highest BCUT2D eigenvalue weighted by Gasteiger charge is 2.32. The number of hydrogen-bond acceptors (Lipinski definition) is 2. The Labute approximate surface area is 124 Å². The summed E-state index contributed by atoms with van der Waals surface area (Å²) in [5.74, 6) is -0.214. The number of amides is 2. The molecule has 0 spiro atoms. The quantitative estimate of drug-likeness (QED) is 0.788. The van der Waals surface area contributed by atoms with Crippen LogP contribution in [0.25, 0.3) is 0 Å². The van der Waals surface area contributed by atoms with Crippen LogP contribution in [-0.4, -0.2) is 23.9 Å². The summed E-state index contributed by atoms with van der Waals surface area (Å²) in [6.07, 6.45) is 1.62. The summed E-state index contributed by atoms with van der Waals surface area (Å²) in [6, 6.07) is 0. The fourth-order valence-electron chi connectivity index (χ4n) is 2.32. The van der Waals surface area contributed by atoms with Crippen molar-refractivity contribution in [2.24, 2.45) is 10.8 Å². The second kappa shape index (κ2) is 6.59. The van der Waals surface area contributed by atoms with Crippen molar-refractivity contribution in [3.05, 3.63) is 0 Å². The summed E-state index contributed by atoms with van der Waals surface area (Å²) in [5, 5.41) is 5.65. The van der Waals surface area contributed by atoms with Crippen LogP contribution in [0.3, 0.4) is 0 Å². The second-order valence-corrected chi connectivity index (χ2v) is 8.09. The second-order valence-electron chi connectivity index (χ2n) is 8.09. The molecule has 0 saturated carbocycles. The summed E-state index contributed by atoms with van der Waals surface area (Å²) < 4.78 is 0. The molecule has 0 radical (unpaired) electrons. The Balaban J connectivity index is 4.39. The van der Waals surface area contributed by atoms with Gasteiger partial charge in [-0.25, -0.2) is 0 Å². The maximum absolute atomic E-state index is 12.2. The normalized spacial score (nSPS) is 13.0. The summed E-state index contributed by atoms with van der Waals surface area (Å²) >= 11 is 0. The Kier molecular flexibility index (Phi) is 6.25. The van der Waals surface area contributed by atoms with Crippen LogP contribution in [0.15, 0.2) is 0 Å². The van der Waals surface area contributed by atoms with Gasteiger partial charge in [-0.05, 0) is 32.1 Å². The molecule has 2 amide bonds. The maximum Gasteiger partial charge on any atom is 0.239 e. The molecule has 2 N–H and O–H groups in total. The van der Waals surface area contributed by atoms with E-state index in [0.717, 1.165) is 12.8 Å². The standard InChI is InChI=1S/C16H32N2O2/c1-9-16(7,8)18-12(19)10-17-13(20)15(5,6)11-14(2,3)4/h9-11H2,1-8H3,(H,17,20)(H,18,19). The first-order valence-electron chi connectivity index (χ1n) is 7.38. The van der Waals surface area contributed by atoms with Crippen LogP contribution in [-0.2, 0) is 9.59 Å². The molecule has 0 heterocycles. The van der Waals surface area contributed by atoms with E-state index < -0.39 is 5.41 Å². The average molecular weight is 284 g/mol. The first-order valence-corrected chi connectivity index (χ1v) is 7.38. The molecule has 0 aliphatic heterocycles. The van der Waals surface area contributed by atoms with Crippen molar-refractivity contribution in [2.75, 3.05) is 6.54 Å². The van der Waals surface area contributed by atoms with Crippen LogP contribution in [0.1, 0.15) is 68.2 Å². The lowest BCUT2D eigenvalue weighted by atomic mass is 9.76. The van der Waals surface area contributed by atoms with Crippen LogP contribution in [0.5, 0.6) is 0 Å². The molecule has 0 fully saturated rings. The molecule has 4 nitrogen and oxygen atoms in total. The van der Waals surface area contributed by atoms with E-state index in [1.807, 2.05) is 34.6 Å². The van der Waals surface area contributed by atoms with E-state index in [1.54, 1.807) is 0 Å². The predicted molar refractivity (Wildman–Crippen MR) is 83.4 cm³/mol. The van der Waals surface area contributed by atoms with Crippen LogP contribution in [0, 0.1) is 10.8 Å². The highest BCUT2D eigenvalue weighted by Crippen LogP contribution is 2.33. The summed E-state index contributed by atoms with van der Waals surface area (Å²) in [5.41, 5.74) is -0.630. The molecule has 0 unspecified atom stereocenters. The van der Waals surface area contributed by atoms with E-state index >= 15 is 0 Å². The van der Waals surface area contributed by atoms with E-state index in [2.05, 4.69) is 31.4 Å². The molecule has 0 saturated heterocycles. The molecule has 0 aromatic rings. The fraction of sp³-hybridized carbons (Fsp3) is 0.875. The molecule has 0 atom stereocenters. The van der Waals surface area contributed by atoms with Gasteiger partial charge in [0.2, 0.25) is 11.8 Å². The van der Waals surface area contributed by atoms with Gasteiger partial charge < -0.3 is 10.6 Å². The van der Waals surface area contributed by atoms with Gasteiger partial charge in [0.25, 0.3) is 0 Å². The molecule has 0 aliphatic carbocycles. The van der Waals surface area contributed by atoms with Crippen molar-refractivity contribution in [1.29, 1.82) is 0 Å². The van der Waals surface area contributed by atoms with Crippen molar-refractivity contribution in [3.63, 3.8) is 0 Å². The first kappa shape index (κ1) is 18.9. The Hall–Kier alpha value is -1.06. The van der Waals surface area contributed by atoms with E-state index in [-0.39, 0.29) is 29.3 Å². The topological polar surface area (TPSA) is 58.2 Å². The monoisotopic (exact) mass is 284 g/mol. The molecular formula is C16H32N2O2. The molecule has 0 bridgehead atoms. The Bertz CT molecular complexity index is 352. The van der Waals surface area contributed by atoms with Gasteiger partial charge in [0.15, 0.2) is 0 Å². The Morgan fingerprint density at radius 2 is 1.45 bits per heavy atom. The van der Waals surface area contributed by atoms with Gasteiger partial charge in [0, 0.05) is 11.0 Å². The number of nitrogens with one attached hydrogen (secondary N) is 2. The molecular weight excluding hydrogens is 252 g/mol. The van der Waals surface area contributed by atoms with Crippen LogP contribution in [0.4, 0.5) is 0 Å². The van der Waals surface area contributed by atoms with Crippen molar-refractivity contribution in [1.82, 2.24) is 10.6 Å². The zero-order valence-corrected chi connectivity index (χ0v) is 14.4. The zero-order chi connectivity index (χ0) is 16.2. The van der Waals surface area contributed by atoms with Crippen molar-refractivity contribution in [2.45, 2.75) is 73.8 Å². The number of rotatable bonds is 6. The van der Waals surface area contributed by atoms with Crippen molar-refractivity contribution in [3.8, 4) is 0 Å². The lowest BCUT2D eigenvalue weighted by Gasteiger charge is -2.31. The van der Waals surface area contributed by atoms with Gasteiger partial charge in [0.1, 0.15) is 0 Å². The number of hydrogen-bond donors (Lipinski definition) is 2. The highest BCUT2D eigenvalue weighted by molar-refractivity contribution is 5.87. The van der Waals surface area contributed by atoms with Crippen LogP contribution >= 0.6 is 0 Å². The third-order valence-electron chi connectivity index (χ3n) is 3.36. The minimum Gasteiger partial charge on any atom is -0.350 e. The minimum absolute atomic E-state index is 0.0375. The molecule has 0 aliphatic rings. The summed E-state index contributed by atoms with van der Waals surface area (Å²) in [7, 11) is 0. The van der Waals surface area contributed by atoms with Gasteiger partial charge in [-0.3, -0.25) is 9.59 Å². The van der Waals surface area contributed by atoms with E-state index in [0.29, 0.717) is 0 Å². The maximum atomic E-state index is 12.2. The molecule has 0 aromatic carbocycles. The lowest BCUT2D eigenvalue weighted by molar-refractivity contribution is -0.133. The van der Waals surface area contributed by atoms with Crippen LogP contribution in [0.2, 0.25) is 0 Å². The smallest absolute Gasteiger partial charge is 0.239 e. The van der Waals surface area contributed by atoms with E-state index in [9.17, 15) is 9.59 Å². The molecule has 118 valence electrons. The highest BCUT2D eigenvalue weighted by atomic mass is 16.2. The van der Waals surface area contributed by atoms with Crippen molar-refractivity contribution < 1.29 is 9.59 Å². The largest absolute Gasteiger partial charge is 0.350 e. The molecule has 4 heteroatoms. The lowest BCUT2D eigenvalue weighted by Crippen LogP contribution is -2.49. The number of carbonyl (C=O) groups excluding carboxylic acids is 2. The van der Waals surface area contributed by atoms with E-state index in [4.69, 9.17) is 0 Å². The van der Waals surface area contributed by atoms with Gasteiger partial charge in [-0.1, -0.05) is 41.5 Å². The van der Waals surface area contributed by atoms with Gasteiger partial charge in [0.05, 0.1) is 6.54 Å². The predicted octanol–water partition coefficient (Wildman–Crippen LogP) is 2.87. The fourth-order valence-corrected chi connectivity index (χ4v) is 2.32.